The number of benzene rings is 1. The van der Waals surface area contributed by atoms with Gasteiger partial charge in [-0.25, -0.2) is 9.78 Å². The highest BCUT2D eigenvalue weighted by Gasteiger charge is 2.25. The summed E-state index contributed by atoms with van der Waals surface area (Å²) in [5, 5.41) is 23.4. The van der Waals surface area contributed by atoms with E-state index in [0.29, 0.717) is 19.2 Å². The summed E-state index contributed by atoms with van der Waals surface area (Å²) < 4.78 is 12.7. The van der Waals surface area contributed by atoms with Crippen molar-refractivity contribution in [2.24, 2.45) is 0 Å². The van der Waals surface area contributed by atoms with Crippen LogP contribution in [0.25, 0.3) is 12.2 Å². The Labute approximate surface area is 226 Å². The lowest BCUT2D eigenvalue weighted by atomic mass is 10.1. The lowest BCUT2D eigenvalue weighted by Crippen LogP contribution is -2.44. The molecule has 0 bridgehead atoms. The van der Waals surface area contributed by atoms with Crippen molar-refractivity contribution in [3.8, 4) is 0 Å². The number of imidazole rings is 1. The fourth-order valence-electron chi connectivity index (χ4n) is 3.24. The van der Waals surface area contributed by atoms with Gasteiger partial charge in [-0.3, -0.25) is 9.59 Å². The smallest absolute Gasteiger partial charge is 0.408 e. The van der Waals surface area contributed by atoms with E-state index in [2.05, 4.69) is 45.4 Å². The minimum absolute atomic E-state index is 0.0240. The third kappa shape index (κ3) is 10.6. The van der Waals surface area contributed by atoms with Crippen molar-refractivity contribution in [3.05, 3.63) is 59.9 Å². The van der Waals surface area contributed by atoms with Crippen molar-refractivity contribution < 1.29 is 29.0 Å². The summed E-state index contributed by atoms with van der Waals surface area (Å²) in [7, 11) is -1.17. The summed E-state index contributed by atoms with van der Waals surface area (Å²) in [6, 6.07) is 8.69. The molecule has 39 heavy (non-hydrogen) atoms. The Hall–Kier alpha value is -4.17. The van der Waals surface area contributed by atoms with Crippen LogP contribution in [0.1, 0.15) is 23.6 Å². The van der Waals surface area contributed by atoms with Gasteiger partial charge in [-0.15, -0.1) is 10.2 Å². The highest BCUT2D eigenvalue weighted by molar-refractivity contribution is 6.76. The summed E-state index contributed by atoms with van der Waals surface area (Å²) >= 11 is 0. The predicted molar refractivity (Wildman–Crippen MR) is 144 cm³/mol. The van der Waals surface area contributed by atoms with E-state index < -0.39 is 44.9 Å². The van der Waals surface area contributed by atoms with E-state index in [1.165, 1.54) is 0 Å². The summed E-state index contributed by atoms with van der Waals surface area (Å²) in [5.41, 5.74) is 0.748. The van der Waals surface area contributed by atoms with Crippen LogP contribution >= 0.6 is 0 Å². The van der Waals surface area contributed by atoms with Gasteiger partial charge in [-0.2, -0.15) is 4.80 Å². The molecule has 14 heteroatoms. The van der Waals surface area contributed by atoms with Gasteiger partial charge in [0.05, 0.1) is 6.42 Å². The maximum absolute atomic E-state index is 12.7. The van der Waals surface area contributed by atoms with E-state index in [0.717, 1.165) is 16.4 Å². The van der Waals surface area contributed by atoms with Gasteiger partial charge in [0.2, 0.25) is 0 Å². The maximum atomic E-state index is 12.7. The predicted octanol–water partition coefficient (Wildman–Crippen LogP) is 2.69. The van der Waals surface area contributed by atoms with Crippen LogP contribution in [0.4, 0.5) is 4.79 Å². The second kappa shape index (κ2) is 14.1. The number of aromatic nitrogens is 6. The number of carboxylic acid groups (broad SMARTS) is 1. The highest BCUT2D eigenvalue weighted by atomic mass is 28.3. The molecule has 1 atom stereocenters. The first-order chi connectivity index (χ1) is 18.6. The molecule has 0 saturated heterocycles. The molecular weight excluding hydrogens is 522 g/mol. The van der Waals surface area contributed by atoms with Crippen molar-refractivity contribution in [2.45, 2.75) is 58.0 Å². The summed E-state index contributed by atoms with van der Waals surface area (Å²) in [6.45, 7) is 7.51. The largest absolute Gasteiger partial charge is 0.481 e. The molecule has 1 unspecified atom stereocenters. The van der Waals surface area contributed by atoms with Gasteiger partial charge in [-0.1, -0.05) is 50.0 Å². The third-order valence-electron chi connectivity index (χ3n) is 5.39. The van der Waals surface area contributed by atoms with Crippen molar-refractivity contribution >= 4 is 38.1 Å². The Morgan fingerprint density at radius 1 is 1.15 bits per heavy atom. The SMILES string of the molecule is C[Si](C)(C)CCOCn1ccnc1C=Cc1nnn(CC(=O)C(CC(=O)O)NC(=O)OCc2ccccc2)n1. The van der Waals surface area contributed by atoms with Gasteiger partial charge in [0, 0.05) is 27.1 Å². The topological polar surface area (TPSA) is 163 Å². The van der Waals surface area contributed by atoms with Crippen LogP contribution in [-0.4, -0.2) is 73.4 Å². The summed E-state index contributed by atoms with van der Waals surface area (Å²) in [6.07, 6.45) is 5.21. The number of nitrogens with one attached hydrogen (secondary N) is 1. The Balaban J connectivity index is 1.53. The highest BCUT2D eigenvalue weighted by Crippen LogP contribution is 2.09. The summed E-state index contributed by atoms with van der Waals surface area (Å²) in [4.78, 5) is 41.5. The fraction of sp³-hybridized carbons (Fsp3) is 0.400. The number of carbonyl (C=O) groups excluding carboxylic acids is 2. The number of ether oxygens (including phenoxy) is 2. The Morgan fingerprint density at radius 3 is 2.64 bits per heavy atom. The van der Waals surface area contributed by atoms with Crippen LogP contribution in [0.3, 0.4) is 0 Å². The van der Waals surface area contributed by atoms with Crippen molar-refractivity contribution in [2.75, 3.05) is 6.61 Å². The molecule has 1 amide bonds. The molecule has 0 radical (unpaired) electrons. The van der Waals surface area contributed by atoms with Gasteiger partial charge in [-0.05, 0) is 29.0 Å². The van der Waals surface area contributed by atoms with Crippen LogP contribution in [0, 0.1) is 0 Å². The molecule has 0 fully saturated rings. The van der Waals surface area contributed by atoms with Crippen LogP contribution in [-0.2, 0) is 38.9 Å². The number of aliphatic carboxylic acids is 1. The van der Waals surface area contributed by atoms with Gasteiger partial charge in [0.25, 0.3) is 0 Å². The van der Waals surface area contributed by atoms with Gasteiger partial charge < -0.3 is 24.5 Å². The van der Waals surface area contributed by atoms with Crippen molar-refractivity contribution in [3.63, 3.8) is 0 Å². The zero-order chi connectivity index (χ0) is 28.3. The molecule has 3 rings (SSSR count). The number of hydrogen-bond donors (Lipinski definition) is 2. The van der Waals surface area contributed by atoms with Gasteiger partial charge >= 0.3 is 12.1 Å². The molecule has 0 aliphatic heterocycles. The first-order valence-electron chi connectivity index (χ1n) is 12.4. The lowest BCUT2D eigenvalue weighted by Gasteiger charge is -2.15. The van der Waals surface area contributed by atoms with E-state index in [9.17, 15) is 19.5 Å². The van der Waals surface area contributed by atoms with Crippen molar-refractivity contribution in [1.82, 2.24) is 35.1 Å². The number of carbonyl (C=O) groups is 3. The maximum Gasteiger partial charge on any atom is 0.408 e. The average molecular weight is 556 g/mol. The summed E-state index contributed by atoms with van der Waals surface area (Å²) in [5.74, 6) is -1.02. The number of amides is 1. The van der Waals surface area contributed by atoms with E-state index in [1.54, 1.807) is 48.8 Å². The number of alkyl carbamates (subject to hydrolysis) is 1. The number of rotatable bonds is 15. The van der Waals surface area contributed by atoms with Crippen LogP contribution in [0.15, 0.2) is 42.7 Å². The number of nitrogens with zero attached hydrogens (tertiary/aromatic N) is 6. The molecule has 2 heterocycles. The van der Waals surface area contributed by atoms with E-state index in [1.807, 2.05) is 10.6 Å². The molecule has 2 N–H and O–H groups in total. The molecule has 1 aromatic carbocycles. The first kappa shape index (κ1) is 29.4. The number of tetrazole rings is 1. The molecule has 0 spiro atoms. The number of carboxylic acids is 1. The zero-order valence-corrected chi connectivity index (χ0v) is 23.2. The van der Waals surface area contributed by atoms with E-state index in [-0.39, 0.29) is 12.4 Å². The minimum atomic E-state index is -1.33. The Morgan fingerprint density at radius 2 is 1.92 bits per heavy atom. The lowest BCUT2D eigenvalue weighted by molar-refractivity contribution is -0.139. The van der Waals surface area contributed by atoms with Crippen LogP contribution in [0.2, 0.25) is 25.7 Å². The number of hydrogen-bond acceptors (Lipinski definition) is 9. The molecule has 208 valence electrons. The second-order valence-electron chi connectivity index (χ2n) is 9.94. The third-order valence-corrected chi connectivity index (χ3v) is 7.10. The standard InChI is InChI=1S/C25H33N7O6Si/c1-39(2,3)14-13-37-18-31-12-11-26-23(31)10-9-22-28-30-32(29-22)16-21(33)20(15-24(34)35)27-25(36)38-17-19-7-5-4-6-8-19/h4-12,20H,13-18H2,1-3H3,(H,27,36)(H,34,35). The molecule has 2 aromatic heterocycles. The average Bonchev–Trinajstić information content (AvgIpc) is 3.52. The first-order valence-corrected chi connectivity index (χ1v) is 16.1. The molecule has 0 saturated carbocycles. The van der Waals surface area contributed by atoms with E-state index >= 15 is 0 Å². The normalized spacial score (nSPS) is 12.4. The van der Waals surface area contributed by atoms with E-state index in [4.69, 9.17) is 9.47 Å². The number of Topliss-reactive ketones (excluding diaryl/α,β-unsaturated/α-hetero) is 1. The number of ketones is 1. The van der Waals surface area contributed by atoms with Crippen LogP contribution in [0.5, 0.6) is 0 Å². The molecule has 13 nitrogen and oxygen atoms in total. The van der Waals surface area contributed by atoms with Crippen molar-refractivity contribution in [1.29, 1.82) is 0 Å². The molecule has 0 aliphatic rings. The fourth-order valence-corrected chi connectivity index (χ4v) is 4.00. The Bertz CT molecular complexity index is 1270. The minimum Gasteiger partial charge on any atom is -0.481 e. The van der Waals surface area contributed by atoms with Gasteiger partial charge in [0.1, 0.15) is 31.7 Å². The Kier molecular flexibility index (Phi) is 10.6. The monoisotopic (exact) mass is 555 g/mol. The zero-order valence-electron chi connectivity index (χ0n) is 22.2. The molecule has 0 aliphatic carbocycles. The molecular formula is C25H33N7O6Si. The second-order valence-corrected chi connectivity index (χ2v) is 15.6. The van der Waals surface area contributed by atoms with Gasteiger partial charge in [0.15, 0.2) is 11.6 Å². The molecule has 3 aromatic rings. The quantitative estimate of drug-likeness (QED) is 0.210. The van der Waals surface area contributed by atoms with Crippen LogP contribution < -0.4 is 5.32 Å².